The summed E-state index contributed by atoms with van der Waals surface area (Å²) in [7, 11) is 0. The third kappa shape index (κ3) is 5.32. The zero-order valence-corrected chi connectivity index (χ0v) is 16.1. The lowest BCUT2D eigenvalue weighted by molar-refractivity contribution is -0.137. The average Bonchev–Trinajstić information content (AvgIpc) is 3.10. The number of carboxylic acid groups (broad SMARTS) is 1. The molecule has 3 rings (SSSR count). The molecule has 8 heteroatoms. The van der Waals surface area contributed by atoms with Gasteiger partial charge < -0.3 is 14.5 Å². The van der Waals surface area contributed by atoms with Crippen molar-refractivity contribution in [1.29, 1.82) is 0 Å². The largest absolute Gasteiger partial charge is 0.481 e. The Hall–Kier alpha value is -2.35. The van der Waals surface area contributed by atoms with Crippen molar-refractivity contribution in [2.75, 3.05) is 13.1 Å². The Bertz CT molecular complexity index is 808. The Balaban J connectivity index is 1.66. The van der Waals surface area contributed by atoms with Gasteiger partial charge in [0.25, 0.3) is 5.91 Å². The Morgan fingerprint density at radius 1 is 1.37 bits per heavy atom. The quantitative estimate of drug-likeness (QED) is 0.725. The van der Waals surface area contributed by atoms with Crippen molar-refractivity contribution >= 4 is 23.6 Å². The van der Waals surface area contributed by atoms with Crippen LogP contribution in [0.25, 0.3) is 0 Å². The molecule has 0 radical (unpaired) electrons. The summed E-state index contributed by atoms with van der Waals surface area (Å²) in [6.07, 6.45) is 2.66. The van der Waals surface area contributed by atoms with E-state index < -0.39 is 5.97 Å². The topological polar surface area (TPSA) is 96.5 Å². The molecule has 1 aromatic heterocycles. The maximum Gasteiger partial charge on any atom is 0.303 e. The maximum absolute atomic E-state index is 13.1. The fourth-order valence-corrected chi connectivity index (χ4v) is 4.17. The van der Waals surface area contributed by atoms with E-state index in [-0.39, 0.29) is 18.2 Å². The molecule has 144 valence electrons. The minimum atomic E-state index is -0.781. The van der Waals surface area contributed by atoms with Gasteiger partial charge in [-0.25, -0.2) is 0 Å². The Morgan fingerprint density at radius 3 is 2.93 bits per heavy atom. The molecule has 1 atom stereocenters. The van der Waals surface area contributed by atoms with E-state index in [9.17, 15) is 9.59 Å². The van der Waals surface area contributed by atoms with Crippen LogP contribution < -0.4 is 0 Å². The molecule has 7 nitrogen and oxygen atoms in total. The predicted molar refractivity (Wildman–Crippen MR) is 101 cm³/mol. The van der Waals surface area contributed by atoms with Crippen molar-refractivity contribution < 1.29 is 19.2 Å². The molecule has 1 fully saturated rings. The third-order valence-electron chi connectivity index (χ3n) is 4.61. The summed E-state index contributed by atoms with van der Waals surface area (Å²) < 4.78 is 5.14. The predicted octanol–water partition coefficient (Wildman–Crippen LogP) is 3.39. The van der Waals surface area contributed by atoms with E-state index in [2.05, 4.69) is 10.1 Å². The number of likely N-dealkylation sites (tertiary alicyclic amines) is 1. The molecule has 1 N–H and O–H groups in total. The fraction of sp³-hybridized carbons (Fsp3) is 0.474. The van der Waals surface area contributed by atoms with Crippen molar-refractivity contribution in [2.45, 2.75) is 43.3 Å². The van der Waals surface area contributed by atoms with Gasteiger partial charge in [0, 0.05) is 24.4 Å². The first kappa shape index (κ1) is 19.4. The standard InChI is InChI=1S/C19H23N3O4S/c1-13-20-17(26-21-13)12-27-16-7-3-2-6-15(16)19(25)22-10-4-5-14(11-22)8-9-18(23)24/h2-3,6-7,14H,4-5,8-12H2,1H3,(H,23,24). The van der Waals surface area contributed by atoms with Crippen molar-refractivity contribution in [3.63, 3.8) is 0 Å². The number of piperidine rings is 1. The SMILES string of the molecule is Cc1noc(CSc2ccccc2C(=O)N2CCCC(CCC(=O)O)C2)n1. The molecule has 1 aliphatic heterocycles. The molecule has 1 amide bonds. The first-order valence-electron chi connectivity index (χ1n) is 9.05. The number of rotatable bonds is 7. The third-order valence-corrected chi connectivity index (χ3v) is 5.67. The Kier molecular flexibility index (Phi) is 6.49. The number of carbonyl (C=O) groups excluding carboxylic acids is 1. The second kappa shape index (κ2) is 9.03. The van der Waals surface area contributed by atoms with Crippen LogP contribution in [-0.2, 0) is 10.5 Å². The number of carboxylic acids is 1. The minimum absolute atomic E-state index is 0.000153. The summed E-state index contributed by atoms with van der Waals surface area (Å²) in [5.41, 5.74) is 0.664. The van der Waals surface area contributed by atoms with Crippen molar-refractivity contribution in [3.8, 4) is 0 Å². The highest BCUT2D eigenvalue weighted by atomic mass is 32.2. The van der Waals surface area contributed by atoms with Gasteiger partial charge in [0.1, 0.15) is 0 Å². The summed E-state index contributed by atoms with van der Waals surface area (Å²) in [6.45, 7) is 3.10. The molecule has 27 heavy (non-hydrogen) atoms. The lowest BCUT2D eigenvalue weighted by Gasteiger charge is -2.33. The highest BCUT2D eigenvalue weighted by molar-refractivity contribution is 7.98. The van der Waals surface area contributed by atoms with Crippen LogP contribution in [0.3, 0.4) is 0 Å². The summed E-state index contributed by atoms with van der Waals surface area (Å²) in [5, 5.41) is 12.7. The van der Waals surface area contributed by atoms with E-state index in [1.807, 2.05) is 29.2 Å². The number of nitrogens with zero attached hydrogens (tertiary/aromatic N) is 3. The number of aromatic nitrogens is 2. The monoisotopic (exact) mass is 389 g/mol. The van der Waals surface area contributed by atoms with Gasteiger partial charge >= 0.3 is 5.97 Å². The maximum atomic E-state index is 13.1. The van der Waals surface area contributed by atoms with Crippen LogP contribution in [0.1, 0.15) is 47.8 Å². The molecule has 2 heterocycles. The van der Waals surface area contributed by atoms with E-state index in [0.717, 1.165) is 17.7 Å². The molecular formula is C19H23N3O4S. The Labute approximate surface area is 162 Å². The minimum Gasteiger partial charge on any atom is -0.481 e. The van der Waals surface area contributed by atoms with Crippen LogP contribution in [0.15, 0.2) is 33.7 Å². The molecule has 0 bridgehead atoms. The summed E-state index contributed by atoms with van der Waals surface area (Å²) in [5.74, 6) is 1.10. The number of amides is 1. The highest BCUT2D eigenvalue weighted by Gasteiger charge is 2.26. The number of carbonyl (C=O) groups is 2. The van der Waals surface area contributed by atoms with Gasteiger partial charge in [-0.05, 0) is 44.2 Å². The summed E-state index contributed by atoms with van der Waals surface area (Å²) in [6, 6.07) is 7.53. The summed E-state index contributed by atoms with van der Waals surface area (Å²) in [4.78, 5) is 30.8. The van der Waals surface area contributed by atoms with Crippen LogP contribution >= 0.6 is 11.8 Å². The van der Waals surface area contributed by atoms with E-state index in [4.69, 9.17) is 9.63 Å². The number of aliphatic carboxylic acids is 1. The number of benzene rings is 1. The Morgan fingerprint density at radius 2 is 2.19 bits per heavy atom. The molecule has 0 saturated carbocycles. The first-order chi connectivity index (χ1) is 13.0. The molecule has 0 spiro atoms. The second-order valence-electron chi connectivity index (χ2n) is 6.71. The molecule has 1 aromatic carbocycles. The van der Waals surface area contributed by atoms with Gasteiger partial charge in [-0.3, -0.25) is 9.59 Å². The molecule has 1 saturated heterocycles. The van der Waals surface area contributed by atoms with E-state index in [1.54, 1.807) is 6.92 Å². The lowest BCUT2D eigenvalue weighted by Crippen LogP contribution is -2.40. The van der Waals surface area contributed by atoms with E-state index in [0.29, 0.717) is 42.5 Å². The van der Waals surface area contributed by atoms with Gasteiger partial charge in [-0.2, -0.15) is 4.98 Å². The highest BCUT2D eigenvalue weighted by Crippen LogP contribution is 2.29. The molecule has 1 aliphatic rings. The number of hydrogen-bond acceptors (Lipinski definition) is 6. The number of aryl methyl sites for hydroxylation is 1. The van der Waals surface area contributed by atoms with Gasteiger partial charge in [-0.15, -0.1) is 11.8 Å². The first-order valence-corrected chi connectivity index (χ1v) is 10.0. The van der Waals surface area contributed by atoms with Crippen LogP contribution in [0.4, 0.5) is 0 Å². The lowest BCUT2D eigenvalue weighted by atomic mass is 9.93. The van der Waals surface area contributed by atoms with E-state index >= 15 is 0 Å². The fourth-order valence-electron chi connectivity index (χ4n) is 3.29. The van der Waals surface area contributed by atoms with E-state index in [1.165, 1.54) is 11.8 Å². The normalized spacial score (nSPS) is 17.1. The van der Waals surface area contributed by atoms with Crippen molar-refractivity contribution in [3.05, 3.63) is 41.5 Å². The smallest absolute Gasteiger partial charge is 0.303 e. The second-order valence-corrected chi connectivity index (χ2v) is 7.73. The molecule has 0 aliphatic carbocycles. The van der Waals surface area contributed by atoms with Crippen LogP contribution in [0, 0.1) is 12.8 Å². The van der Waals surface area contributed by atoms with Gasteiger partial charge in [0.2, 0.25) is 5.89 Å². The van der Waals surface area contributed by atoms with Gasteiger partial charge in [-0.1, -0.05) is 17.3 Å². The average molecular weight is 389 g/mol. The van der Waals surface area contributed by atoms with Gasteiger partial charge in [0.05, 0.1) is 11.3 Å². The van der Waals surface area contributed by atoms with Crippen LogP contribution in [-0.4, -0.2) is 45.1 Å². The molecule has 2 aromatic rings. The molecular weight excluding hydrogens is 366 g/mol. The summed E-state index contributed by atoms with van der Waals surface area (Å²) >= 11 is 1.50. The zero-order chi connectivity index (χ0) is 19.2. The number of thioether (sulfide) groups is 1. The van der Waals surface area contributed by atoms with Crippen molar-refractivity contribution in [2.24, 2.45) is 5.92 Å². The van der Waals surface area contributed by atoms with Crippen LogP contribution in [0.2, 0.25) is 0 Å². The van der Waals surface area contributed by atoms with Crippen molar-refractivity contribution in [1.82, 2.24) is 15.0 Å². The van der Waals surface area contributed by atoms with Gasteiger partial charge in [0.15, 0.2) is 5.82 Å². The number of hydrogen-bond donors (Lipinski definition) is 1. The molecule has 1 unspecified atom stereocenters. The van der Waals surface area contributed by atoms with Crippen LogP contribution in [0.5, 0.6) is 0 Å². The zero-order valence-electron chi connectivity index (χ0n) is 15.3.